The number of para-hydroxylation sites is 3. The van der Waals surface area contributed by atoms with Crippen molar-refractivity contribution < 1.29 is 4.79 Å². The third kappa shape index (κ3) is 3.47. The second kappa shape index (κ2) is 7.97. The molecule has 6 rings (SSSR count). The minimum absolute atomic E-state index is 0.0809. The van der Waals surface area contributed by atoms with Crippen molar-refractivity contribution in [3.8, 4) is 0 Å². The zero-order valence-electron chi connectivity index (χ0n) is 18.4. The molecule has 0 saturated heterocycles. The fourth-order valence-corrected chi connectivity index (χ4v) is 5.24. The van der Waals surface area contributed by atoms with Crippen LogP contribution in [-0.4, -0.2) is 19.9 Å². The number of aromatic nitrogens is 3. The lowest BCUT2D eigenvalue weighted by atomic mass is 10.2. The maximum atomic E-state index is 13.2. The van der Waals surface area contributed by atoms with Gasteiger partial charge in [-0.05, 0) is 43.3 Å². The van der Waals surface area contributed by atoms with Crippen LogP contribution in [0.4, 0.5) is 5.69 Å². The molecule has 7 heteroatoms. The van der Waals surface area contributed by atoms with Crippen LogP contribution in [0.25, 0.3) is 33.0 Å². The van der Waals surface area contributed by atoms with Crippen molar-refractivity contribution in [2.45, 2.75) is 13.5 Å². The molecule has 3 aromatic carbocycles. The predicted octanol–water partition coefficient (Wildman–Crippen LogP) is 4.36. The van der Waals surface area contributed by atoms with Crippen LogP contribution in [0, 0.1) is 6.92 Å². The highest BCUT2D eigenvalue weighted by Gasteiger charge is 2.13. The van der Waals surface area contributed by atoms with Gasteiger partial charge in [-0.2, -0.15) is 0 Å². The molecule has 3 aromatic heterocycles. The van der Waals surface area contributed by atoms with Crippen molar-refractivity contribution in [1.82, 2.24) is 14.0 Å². The number of hydrogen-bond acceptors (Lipinski definition) is 4. The Balaban J connectivity index is 1.40. The number of benzene rings is 3. The van der Waals surface area contributed by atoms with E-state index in [1.54, 1.807) is 4.40 Å². The van der Waals surface area contributed by atoms with Gasteiger partial charge in [0.15, 0.2) is 4.96 Å². The first kappa shape index (κ1) is 20.4. The van der Waals surface area contributed by atoms with Gasteiger partial charge in [0.05, 0.1) is 15.6 Å². The lowest BCUT2D eigenvalue weighted by molar-refractivity contribution is -0.116. The van der Waals surface area contributed by atoms with Gasteiger partial charge < -0.3 is 9.88 Å². The van der Waals surface area contributed by atoms with E-state index < -0.39 is 0 Å². The summed E-state index contributed by atoms with van der Waals surface area (Å²) in [5.74, 6) is -0.110. The highest BCUT2D eigenvalue weighted by Crippen LogP contribution is 2.23. The highest BCUT2D eigenvalue weighted by atomic mass is 32.1. The van der Waals surface area contributed by atoms with Gasteiger partial charge in [-0.15, -0.1) is 0 Å². The molecule has 0 saturated carbocycles. The number of fused-ring (bicyclic) bond motifs is 4. The van der Waals surface area contributed by atoms with E-state index in [1.807, 2.05) is 96.6 Å². The Kier molecular flexibility index (Phi) is 4.78. The van der Waals surface area contributed by atoms with Gasteiger partial charge in [-0.1, -0.05) is 59.4 Å². The molecule has 1 amide bonds. The zero-order chi connectivity index (χ0) is 23.2. The lowest BCUT2D eigenvalue weighted by Crippen LogP contribution is -2.22. The summed E-state index contributed by atoms with van der Waals surface area (Å²) in [7, 11) is 0. The van der Waals surface area contributed by atoms with Crippen LogP contribution in [0.2, 0.25) is 0 Å². The topological polar surface area (TPSA) is 68.4 Å². The van der Waals surface area contributed by atoms with Crippen LogP contribution in [-0.2, 0) is 11.3 Å². The second-order valence-electron chi connectivity index (χ2n) is 8.28. The third-order valence-corrected chi connectivity index (χ3v) is 6.87. The van der Waals surface area contributed by atoms with Gasteiger partial charge in [0.1, 0.15) is 6.54 Å². The fourth-order valence-electron chi connectivity index (χ4n) is 4.27. The summed E-state index contributed by atoms with van der Waals surface area (Å²) in [6, 6.07) is 23.3. The molecular weight excluding hydrogens is 444 g/mol. The van der Waals surface area contributed by atoms with Crippen LogP contribution in [0.3, 0.4) is 0 Å². The largest absolute Gasteiger partial charge is 0.337 e. The third-order valence-electron chi connectivity index (χ3n) is 5.90. The Bertz CT molecular complexity index is 1810. The first-order valence-corrected chi connectivity index (χ1v) is 11.7. The molecule has 0 radical (unpaired) electrons. The predicted molar refractivity (Wildman–Crippen MR) is 137 cm³/mol. The van der Waals surface area contributed by atoms with E-state index in [1.165, 1.54) is 11.3 Å². The van der Waals surface area contributed by atoms with Gasteiger partial charge in [0.2, 0.25) is 5.91 Å². The molecular formula is C27H20N4O2S. The van der Waals surface area contributed by atoms with E-state index in [0.29, 0.717) is 9.49 Å². The van der Waals surface area contributed by atoms with Gasteiger partial charge in [-0.25, -0.2) is 9.38 Å². The molecule has 0 bridgehead atoms. The number of anilines is 1. The fraction of sp³-hybridized carbons (Fsp3) is 0.0741. The van der Waals surface area contributed by atoms with Crippen LogP contribution in [0.15, 0.2) is 83.8 Å². The van der Waals surface area contributed by atoms with Gasteiger partial charge in [-0.3, -0.25) is 9.59 Å². The molecule has 3 heterocycles. The Morgan fingerprint density at radius 3 is 2.56 bits per heavy atom. The van der Waals surface area contributed by atoms with Crippen molar-refractivity contribution >= 4 is 55.9 Å². The summed E-state index contributed by atoms with van der Waals surface area (Å²) in [6.45, 7) is 2.18. The monoisotopic (exact) mass is 464 g/mol. The number of amides is 1. The molecule has 6 aromatic rings. The summed E-state index contributed by atoms with van der Waals surface area (Å²) >= 11 is 1.37. The van der Waals surface area contributed by atoms with Crippen LogP contribution < -0.4 is 15.4 Å². The second-order valence-corrected chi connectivity index (χ2v) is 9.29. The molecule has 0 aliphatic rings. The quantitative estimate of drug-likeness (QED) is 0.422. The smallest absolute Gasteiger partial charge is 0.274 e. The molecule has 0 spiro atoms. The van der Waals surface area contributed by atoms with Crippen molar-refractivity contribution in [3.05, 3.63) is 105 Å². The number of nitrogens with zero attached hydrogens (tertiary/aromatic N) is 3. The highest BCUT2D eigenvalue weighted by molar-refractivity contribution is 7.15. The normalized spacial score (nSPS) is 12.2. The van der Waals surface area contributed by atoms with Crippen LogP contribution >= 0.6 is 11.3 Å². The summed E-state index contributed by atoms with van der Waals surface area (Å²) < 4.78 is 4.20. The first-order valence-electron chi connectivity index (χ1n) is 10.9. The number of hydrogen-bond donors (Lipinski definition) is 1. The Hall–Kier alpha value is -4.23. The van der Waals surface area contributed by atoms with E-state index in [2.05, 4.69) is 10.3 Å². The van der Waals surface area contributed by atoms with Crippen molar-refractivity contribution in [2.75, 3.05) is 5.32 Å². The minimum atomic E-state index is -0.110. The van der Waals surface area contributed by atoms with Crippen LogP contribution in [0.1, 0.15) is 11.1 Å². The number of nitrogens with one attached hydrogen (secondary N) is 1. The van der Waals surface area contributed by atoms with Crippen molar-refractivity contribution in [1.29, 1.82) is 0 Å². The number of carbonyl (C=O) groups is 1. The summed E-state index contributed by atoms with van der Waals surface area (Å²) in [6.07, 6.45) is 3.83. The average molecular weight is 465 g/mol. The van der Waals surface area contributed by atoms with E-state index in [4.69, 9.17) is 0 Å². The summed E-state index contributed by atoms with van der Waals surface area (Å²) in [5.41, 5.74) is 5.28. The number of thiazole rings is 1. The molecule has 34 heavy (non-hydrogen) atoms. The Morgan fingerprint density at radius 1 is 1.00 bits per heavy atom. The number of rotatable bonds is 4. The summed E-state index contributed by atoms with van der Waals surface area (Å²) in [5, 5.41) is 3.94. The maximum absolute atomic E-state index is 13.2. The van der Waals surface area contributed by atoms with Crippen molar-refractivity contribution in [3.63, 3.8) is 0 Å². The zero-order valence-corrected chi connectivity index (χ0v) is 19.2. The molecule has 166 valence electrons. The van der Waals surface area contributed by atoms with E-state index in [0.717, 1.165) is 38.8 Å². The maximum Gasteiger partial charge on any atom is 0.274 e. The first-order chi connectivity index (χ1) is 16.6. The standard InChI is InChI=1S/C27H20N4O2S/c1-17-10-12-19(13-11-17)28-25(32)16-30-15-18(20-6-2-4-8-22(20)30)14-24-26(33)31-23-9-5-3-7-21(23)29-27(31)34-24/h2-15H,16H2,1H3,(H,28,32). The van der Waals surface area contributed by atoms with Gasteiger partial charge >= 0.3 is 0 Å². The number of carbonyl (C=O) groups excluding carboxylic acids is 1. The van der Waals surface area contributed by atoms with Crippen LogP contribution in [0.5, 0.6) is 0 Å². The molecule has 1 N–H and O–H groups in total. The minimum Gasteiger partial charge on any atom is -0.337 e. The molecule has 0 atom stereocenters. The molecule has 0 aliphatic heterocycles. The molecule has 0 fully saturated rings. The van der Waals surface area contributed by atoms with E-state index >= 15 is 0 Å². The molecule has 0 aliphatic carbocycles. The summed E-state index contributed by atoms with van der Waals surface area (Å²) in [4.78, 5) is 31.2. The van der Waals surface area contributed by atoms with Crippen molar-refractivity contribution in [2.24, 2.45) is 0 Å². The SMILES string of the molecule is Cc1ccc(NC(=O)Cn2cc(C=c3sc4nc5ccccc5n4c3=O)c3ccccc32)cc1. The average Bonchev–Trinajstić information content (AvgIpc) is 3.47. The van der Waals surface area contributed by atoms with Gasteiger partial charge in [0, 0.05) is 28.4 Å². The lowest BCUT2D eigenvalue weighted by Gasteiger charge is -2.07. The van der Waals surface area contributed by atoms with E-state index in [9.17, 15) is 9.59 Å². The Morgan fingerprint density at radius 2 is 1.74 bits per heavy atom. The Labute approximate surface area is 198 Å². The number of imidazole rings is 1. The van der Waals surface area contributed by atoms with Gasteiger partial charge in [0.25, 0.3) is 5.56 Å². The molecule has 0 unspecified atom stereocenters. The number of aryl methyl sites for hydroxylation is 1. The van der Waals surface area contributed by atoms with E-state index in [-0.39, 0.29) is 18.0 Å². The molecule has 6 nitrogen and oxygen atoms in total.